The van der Waals surface area contributed by atoms with Gasteiger partial charge in [0.1, 0.15) is 28.4 Å². The van der Waals surface area contributed by atoms with Crippen LogP contribution in [0.3, 0.4) is 0 Å². The summed E-state index contributed by atoms with van der Waals surface area (Å²) in [6.45, 7) is 1.93. The minimum atomic E-state index is -0.461. The number of fused-ring (bicyclic) bond motifs is 2. The minimum Gasteiger partial charge on any atom is -0.393 e. The van der Waals surface area contributed by atoms with E-state index in [2.05, 4.69) is 15.0 Å². The van der Waals surface area contributed by atoms with Gasteiger partial charge >= 0.3 is 0 Å². The van der Waals surface area contributed by atoms with Crippen molar-refractivity contribution in [2.24, 2.45) is 0 Å². The molecule has 1 aromatic carbocycles. The summed E-state index contributed by atoms with van der Waals surface area (Å²) >= 11 is 0. The second-order valence-corrected chi connectivity index (χ2v) is 8.53. The summed E-state index contributed by atoms with van der Waals surface area (Å²) in [4.78, 5) is 18.0. The van der Waals surface area contributed by atoms with Gasteiger partial charge in [-0.15, -0.1) is 0 Å². The molecule has 6 rings (SSSR count). The molecule has 5 aromatic rings. The maximum atomic E-state index is 16.0. The van der Waals surface area contributed by atoms with E-state index in [-0.39, 0.29) is 23.4 Å². The third-order valence-electron chi connectivity index (χ3n) is 6.40. The zero-order chi connectivity index (χ0) is 22.7. The Morgan fingerprint density at radius 1 is 1.06 bits per heavy atom. The Bertz CT molecular complexity index is 1530. The van der Waals surface area contributed by atoms with Gasteiger partial charge in [0.05, 0.1) is 17.5 Å². The molecule has 0 spiro atoms. The Labute approximate surface area is 188 Å². The number of pyridine rings is 2. The number of halogens is 1. The Hall–Kier alpha value is -3.91. The van der Waals surface area contributed by atoms with Gasteiger partial charge in [0, 0.05) is 35.5 Å². The Balaban J connectivity index is 1.58. The molecule has 0 atom stereocenters. The number of nitrogen functional groups attached to an aromatic ring is 1. The summed E-state index contributed by atoms with van der Waals surface area (Å²) in [5, 5.41) is 10.5. The molecule has 0 unspecified atom stereocenters. The van der Waals surface area contributed by atoms with Crippen LogP contribution < -0.4 is 5.73 Å². The number of imidazole rings is 1. The molecule has 3 N–H and O–H groups in total. The summed E-state index contributed by atoms with van der Waals surface area (Å²) < 4.78 is 17.9. The maximum absolute atomic E-state index is 16.0. The predicted molar refractivity (Wildman–Crippen MR) is 124 cm³/mol. The predicted octanol–water partition coefficient (Wildman–Crippen LogP) is 4.27. The number of benzene rings is 1. The molecular weight excluding hydrogens is 419 g/mol. The average Bonchev–Trinajstić information content (AvgIpc) is 3.18. The van der Waals surface area contributed by atoms with Crippen LogP contribution in [0.15, 0.2) is 55.0 Å². The van der Waals surface area contributed by atoms with Crippen molar-refractivity contribution in [1.29, 1.82) is 0 Å². The summed E-state index contributed by atoms with van der Waals surface area (Å²) in [7, 11) is 0. The lowest BCUT2D eigenvalue weighted by molar-refractivity contribution is 0.0715. The van der Waals surface area contributed by atoms with Crippen LogP contribution in [0.4, 0.5) is 10.2 Å². The third-order valence-corrected chi connectivity index (χ3v) is 6.40. The van der Waals surface area contributed by atoms with E-state index in [1.54, 1.807) is 24.7 Å². The lowest BCUT2D eigenvalue weighted by Crippen LogP contribution is -2.27. The van der Waals surface area contributed by atoms with Gasteiger partial charge in [-0.1, -0.05) is 12.1 Å². The number of nitrogens with zero attached hydrogens (tertiary/aromatic N) is 5. The molecule has 0 saturated heterocycles. The number of nitrogens with two attached hydrogens (primary N) is 1. The van der Waals surface area contributed by atoms with Crippen molar-refractivity contribution in [3.05, 3.63) is 72.2 Å². The van der Waals surface area contributed by atoms with Crippen molar-refractivity contribution in [2.75, 3.05) is 5.73 Å². The van der Waals surface area contributed by atoms with Gasteiger partial charge in [-0.25, -0.2) is 19.3 Å². The van der Waals surface area contributed by atoms with E-state index >= 15 is 4.39 Å². The first-order valence-electron chi connectivity index (χ1n) is 10.8. The highest BCUT2D eigenvalue weighted by atomic mass is 19.1. The zero-order valence-electron chi connectivity index (χ0n) is 17.9. The van der Waals surface area contributed by atoms with E-state index in [1.165, 1.54) is 0 Å². The van der Waals surface area contributed by atoms with Gasteiger partial charge in [-0.3, -0.25) is 9.38 Å². The lowest BCUT2D eigenvalue weighted by Gasteiger charge is -2.30. The molecule has 1 fully saturated rings. The first kappa shape index (κ1) is 19.8. The first-order chi connectivity index (χ1) is 16.0. The largest absolute Gasteiger partial charge is 0.393 e. The molecule has 164 valence electrons. The number of anilines is 1. The fraction of sp³-hybridized carbons (Fsp3) is 0.200. The van der Waals surface area contributed by atoms with Crippen LogP contribution >= 0.6 is 0 Å². The molecule has 4 aromatic heterocycles. The second kappa shape index (κ2) is 7.31. The average molecular weight is 440 g/mol. The lowest BCUT2D eigenvalue weighted by atomic mass is 9.82. The van der Waals surface area contributed by atoms with E-state index in [9.17, 15) is 5.11 Å². The summed E-state index contributed by atoms with van der Waals surface area (Å²) in [5.74, 6) is 0.654. The molecule has 8 heteroatoms. The van der Waals surface area contributed by atoms with E-state index in [4.69, 9.17) is 10.7 Å². The fourth-order valence-corrected chi connectivity index (χ4v) is 4.62. The Kier molecular flexibility index (Phi) is 4.38. The van der Waals surface area contributed by atoms with Crippen molar-refractivity contribution < 1.29 is 9.50 Å². The van der Waals surface area contributed by atoms with E-state index in [0.29, 0.717) is 41.0 Å². The summed E-state index contributed by atoms with van der Waals surface area (Å²) in [6.07, 6.45) is 5.98. The molecule has 4 heterocycles. The molecule has 7 nitrogen and oxygen atoms in total. The van der Waals surface area contributed by atoms with E-state index in [0.717, 1.165) is 16.8 Å². The Morgan fingerprint density at radius 3 is 2.67 bits per heavy atom. The topological polar surface area (TPSA) is 102 Å². The number of aliphatic hydroxyl groups is 1. The molecule has 0 bridgehead atoms. The van der Waals surface area contributed by atoms with Gasteiger partial charge in [0.2, 0.25) is 0 Å². The zero-order valence-corrected chi connectivity index (χ0v) is 17.9. The molecule has 1 saturated carbocycles. The van der Waals surface area contributed by atoms with Crippen LogP contribution in [0, 0.1) is 12.7 Å². The highest BCUT2D eigenvalue weighted by Gasteiger charge is 2.33. The minimum absolute atomic E-state index is 0.0858. The van der Waals surface area contributed by atoms with Crippen LogP contribution in [0.2, 0.25) is 0 Å². The van der Waals surface area contributed by atoms with E-state index in [1.807, 2.05) is 41.7 Å². The number of aromatic nitrogens is 5. The monoisotopic (exact) mass is 440 g/mol. The van der Waals surface area contributed by atoms with Crippen molar-refractivity contribution in [3.63, 3.8) is 0 Å². The summed E-state index contributed by atoms with van der Waals surface area (Å²) in [5.41, 5.74) is 9.98. The SMILES string of the molecule is Cc1cc(-c2ccccn2)nc2c(F)c(-c3nc(C4CC(O)C4)n4ccnc(N)c34)ccc12. The highest BCUT2D eigenvalue weighted by molar-refractivity contribution is 5.93. The maximum Gasteiger partial charge on any atom is 0.158 e. The summed E-state index contributed by atoms with van der Waals surface area (Å²) in [6, 6.07) is 11.1. The van der Waals surface area contributed by atoms with Crippen LogP contribution in [0.25, 0.3) is 39.1 Å². The van der Waals surface area contributed by atoms with Gasteiger partial charge in [0.15, 0.2) is 5.82 Å². The van der Waals surface area contributed by atoms with Gasteiger partial charge in [-0.2, -0.15) is 0 Å². The fourth-order valence-electron chi connectivity index (χ4n) is 4.62. The molecular formula is C25H21FN6O. The molecule has 1 aliphatic carbocycles. The standard InChI is InChI=1S/C25H21FN6O/c1-13-10-19(18-4-2-3-7-28-18)30-21-16(13)5-6-17(20(21)26)22-23-24(27)29-8-9-32(23)25(31-22)14-11-15(33)12-14/h2-10,14-15,33H,11-12H2,1H3,(H2,27,29). The van der Waals surface area contributed by atoms with Gasteiger partial charge in [0.25, 0.3) is 0 Å². The molecule has 33 heavy (non-hydrogen) atoms. The van der Waals surface area contributed by atoms with Crippen molar-refractivity contribution in [1.82, 2.24) is 24.3 Å². The molecule has 0 radical (unpaired) electrons. The normalized spacial score (nSPS) is 18.0. The van der Waals surface area contributed by atoms with Crippen LogP contribution in [0.5, 0.6) is 0 Å². The molecule has 0 amide bonds. The number of hydrogen-bond donors (Lipinski definition) is 2. The number of rotatable bonds is 3. The number of aliphatic hydroxyl groups excluding tert-OH is 1. The smallest absolute Gasteiger partial charge is 0.158 e. The number of aryl methyl sites for hydroxylation is 1. The molecule has 1 aliphatic rings. The highest BCUT2D eigenvalue weighted by Crippen LogP contribution is 2.40. The van der Waals surface area contributed by atoms with Crippen LogP contribution in [-0.2, 0) is 0 Å². The quantitative estimate of drug-likeness (QED) is 0.434. The van der Waals surface area contributed by atoms with Crippen LogP contribution in [0.1, 0.15) is 30.1 Å². The van der Waals surface area contributed by atoms with E-state index < -0.39 is 5.82 Å². The number of hydrogen-bond acceptors (Lipinski definition) is 6. The first-order valence-corrected chi connectivity index (χ1v) is 10.8. The van der Waals surface area contributed by atoms with Crippen molar-refractivity contribution >= 4 is 22.2 Å². The second-order valence-electron chi connectivity index (χ2n) is 8.53. The molecule has 0 aliphatic heterocycles. The van der Waals surface area contributed by atoms with Crippen molar-refractivity contribution in [2.45, 2.75) is 31.8 Å². The van der Waals surface area contributed by atoms with Gasteiger partial charge < -0.3 is 10.8 Å². The third kappa shape index (κ3) is 3.06. The van der Waals surface area contributed by atoms with Gasteiger partial charge in [-0.05, 0) is 49.6 Å². The Morgan fingerprint density at radius 2 is 1.91 bits per heavy atom. The van der Waals surface area contributed by atoms with Crippen LogP contribution in [-0.4, -0.2) is 35.5 Å². The van der Waals surface area contributed by atoms with Crippen molar-refractivity contribution in [3.8, 4) is 22.6 Å².